The maximum atomic E-state index is 13.0. The second-order valence-electron chi connectivity index (χ2n) is 6.30. The molecule has 0 saturated carbocycles. The standard InChI is InChI=1S/C19H23BrN2O/c1-21-9-6-14-7-10-22(11-8-14)19(23)18-13-16(20)12-15-4-2-3-5-17(15)18/h2-5,12-14,21H,6-11H2,1H3. The Bertz CT molecular complexity index is 693. The van der Waals surface area contributed by atoms with Crippen molar-refractivity contribution >= 4 is 32.6 Å². The van der Waals surface area contributed by atoms with Crippen LogP contribution in [0, 0.1) is 5.92 Å². The summed E-state index contributed by atoms with van der Waals surface area (Å²) in [4.78, 5) is 15.0. The molecule has 0 radical (unpaired) electrons. The fourth-order valence-corrected chi connectivity index (χ4v) is 3.87. The van der Waals surface area contributed by atoms with Crippen molar-refractivity contribution in [3.63, 3.8) is 0 Å². The van der Waals surface area contributed by atoms with Crippen LogP contribution in [0.5, 0.6) is 0 Å². The van der Waals surface area contributed by atoms with E-state index >= 15 is 0 Å². The normalized spacial score (nSPS) is 16.0. The molecular weight excluding hydrogens is 352 g/mol. The summed E-state index contributed by atoms with van der Waals surface area (Å²) in [5.74, 6) is 0.903. The van der Waals surface area contributed by atoms with Crippen LogP contribution in [0.1, 0.15) is 29.6 Å². The van der Waals surface area contributed by atoms with Gasteiger partial charge in [-0.2, -0.15) is 0 Å². The highest BCUT2D eigenvalue weighted by molar-refractivity contribution is 9.10. The van der Waals surface area contributed by atoms with E-state index in [1.165, 1.54) is 6.42 Å². The lowest BCUT2D eigenvalue weighted by Crippen LogP contribution is -2.39. The first-order valence-corrected chi connectivity index (χ1v) is 9.10. The van der Waals surface area contributed by atoms with Crippen molar-refractivity contribution in [1.29, 1.82) is 0 Å². The van der Waals surface area contributed by atoms with Gasteiger partial charge in [-0.15, -0.1) is 0 Å². The Morgan fingerprint density at radius 2 is 2.00 bits per heavy atom. The fourth-order valence-electron chi connectivity index (χ4n) is 3.39. The maximum absolute atomic E-state index is 13.0. The van der Waals surface area contributed by atoms with E-state index in [-0.39, 0.29) is 5.91 Å². The van der Waals surface area contributed by atoms with Crippen molar-refractivity contribution in [3.8, 4) is 0 Å². The molecule has 2 aromatic rings. The Labute approximate surface area is 146 Å². The van der Waals surface area contributed by atoms with Crippen molar-refractivity contribution in [2.45, 2.75) is 19.3 Å². The van der Waals surface area contributed by atoms with Crippen LogP contribution >= 0.6 is 15.9 Å². The number of halogens is 1. The van der Waals surface area contributed by atoms with Crippen LogP contribution in [0.4, 0.5) is 0 Å². The van der Waals surface area contributed by atoms with Crippen molar-refractivity contribution in [2.24, 2.45) is 5.92 Å². The number of benzene rings is 2. The number of rotatable bonds is 4. The summed E-state index contributed by atoms with van der Waals surface area (Å²) in [6.45, 7) is 2.80. The lowest BCUT2D eigenvalue weighted by molar-refractivity contribution is 0.0689. The maximum Gasteiger partial charge on any atom is 0.254 e. The predicted octanol–water partition coefficient (Wildman–Crippen LogP) is 4.06. The van der Waals surface area contributed by atoms with E-state index in [4.69, 9.17) is 0 Å². The van der Waals surface area contributed by atoms with Crippen LogP contribution in [-0.4, -0.2) is 37.5 Å². The van der Waals surface area contributed by atoms with Crippen molar-refractivity contribution in [2.75, 3.05) is 26.7 Å². The van der Waals surface area contributed by atoms with Gasteiger partial charge in [-0.05, 0) is 61.7 Å². The third-order valence-electron chi connectivity index (χ3n) is 4.76. The van der Waals surface area contributed by atoms with Gasteiger partial charge in [0.05, 0.1) is 0 Å². The molecule has 0 bridgehead atoms. The van der Waals surface area contributed by atoms with E-state index in [1.807, 2.05) is 36.2 Å². The topological polar surface area (TPSA) is 32.3 Å². The minimum Gasteiger partial charge on any atom is -0.339 e. The van der Waals surface area contributed by atoms with Gasteiger partial charge in [0, 0.05) is 23.1 Å². The first-order valence-electron chi connectivity index (χ1n) is 8.31. The minimum atomic E-state index is 0.162. The zero-order valence-electron chi connectivity index (χ0n) is 13.5. The molecule has 0 spiro atoms. The van der Waals surface area contributed by atoms with E-state index < -0.39 is 0 Å². The monoisotopic (exact) mass is 374 g/mol. The van der Waals surface area contributed by atoms with Gasteiger partial charge in [0.2, 0.25) is 0 Å². The van der Waals surface area contributed by atoms with Crippen LogP contribution in [0.2, 0.25) is 0 Å². The molecule has 23 heavy (non-hydrogen) atoms. The molecule has 3 rings (SSSR count). The van der Waals surface area contributed by atoms with Crippen molar-refractivity contribution in [1.82, 2.24) is 10.2 Å². The molecule has 1 fully saturated rings. The summed E-state index contributed by atoms with van der Waals surface area (Å²) in [5, 5.41) is 5.36. The van der Waals surface area contributed by atoms with E-state index in [0.717, 1.165) is 59.2 Å². The summed E-state index contributed by atoms with van der Waals surface area (Å²) >= 11 is 3.54. The largest absolute Gasteiger partial charge is 0.339 e. The number of piperidine rings is 1. The molecule has 1 saturated heterocycles. The first kappa shape index (κ1) is 16.5. The molecular formula is C19H23BrN2O. The van der Waals surface area contributed by atoms with Gasteiger partial charge < -0.3 is 10.2 Å². The van der Waals surface area contributed by atoms with Crippen molar-refractivity contribution < 1.29 is 4.79 Å². The number of nitrogens with zero attached hydrogens (tertiary/aromatic N) is 1. The lowest BCUT2D eigenvalue weighted by atomic mass is 9.93. The fraction of sp³-hybridized carbons (Fsp3) is 0.421. The molecule has 1 aliphatic heterocycles. The molecule has 0 atom stereocenters. The molecule has 2 aromatic carbocycles. The highest BCUT2D eigenvalue weighted by Crippen LogP contribution is 2.27. The third-order valence-corrected chi connectivity index (χ3v) is 5.22. The van der Waals surface area contributed by atoms with E-state index in [2.05, 4.69) is 33.4 Å². The number of carbonyl (C=O) groups excluding carboxylic acids is 1. The molecule has 4 heteroatoms. The predicted molar refractivity (Wildman–Crippen MR) is 98.8 cm³/mol. The smallest absolute Gasteiger partial charge is 0.254 e. The molecule has 0 aliphatic carbocycles. The average molecular weight is 375 g/mol. The van der Waals surface area contributed by atoms with Gasteiger partial charge in [0.1, 0.15) is 0 Å². The number of carbonyl (C=O) groups is 1. The van der Waals surface area contributed by atoms with Gasteiger partial charge in [-0.3, -0.25) is 4.79 Å². The highest BCUT2D eigenvalue weighted by Gasteiger charge is 2.24. The zero-order chi connectivity index (χ0) is 16.2. The summed E-state index contributed by atoms with van der Waals surface area (Å²) in [6.07, 6.45) is 3.43. The van der Waals surface area contributed by atoms with Crippen LogP contribution < -0.4 is 5.32 Å². The van der Waals surface area contributed by atoms with Gasteiger partial charge in [0.15, 0.2) is 0 Å². The number of fused-ring (bicyclic) bond motifs is 1. The molecule has 0 aromatic heterocycles. The molecule has 1 aliphatic rings. The summed E-state index contributed by atoms with van der Waals surface area (Å²) < 4.78 is 0.962. The summed E-state index contributed by atoms with van der Waals surface area (Å²) in [5.41, 5.74) is 0.809. The van der Waals surface area contributed by atoms with Gasteiger partial charge >= 0.3 is 0 Å². The minimum absolute atomic E-state index is 0.162. The number of hydrogen-bond donors (Lipinski definition) is 1. The van der Waals surface area contributed by atoms with Gasteiger partial charge in [0.25, 0.3) is 5.91 Å². The van der Waals surface area contributed by atoms with Crippen LogP contribution in [-0.2, 0) is 0 Å². The molecule has 1 heterocycles. The molecule has 0 unspecified atom stereocenters. The third kappa shape index (κ3) is 3.75. The Balaban J connectivity index is 1.77. The number of amides is 1. The molecule has 1 amide bonds. The van der Waals surface area contributed by atoms with Crippen LogP contribution in [0.25, 0.3) is 10.8 Å². The zero-order valence-corrected chi connectivity index (χ0v) is 15.1. The average Bonchev–Trinajstić information content (AvgIpc) is 2.59. The molecule has 1 N–H and O–H groups in total. The Kier molecular flexibility index (Phi) is 5.34. The van der Waals surface area contributed by atoms with E-state index in [9.17, 15) is 4.79 Å². The SMILES string of the molecule is CNCCC1CCN(C(=O)c2cc(Br)cc3ccccc23)CC1. The van der Waals surface area contributed by atoms with Gasteiger partial charge in [-0.1, -0.05) is 40.2 Å². The Morgan fingerprint density at radius 3 is 2.74 bits per heavy atom. The molecule has 3 nitrogen and oxygen atoms in total. The Hall–Kier alpha value is -1.39. The van der Waals surface area contributed by atoms with E-state index in [0.29, 0.717) is 0 Å². The van der Waals surface area contributed by atoms with E-state index in [1.54, 1.807) is 0 Å². The number of likely N-dealkylation sites (tertiary alicyclic amines) is 1. The second-order valence-corrected chi connectivity index (χ2v) is 7.22. The first-order chi connectivity index (χ1) is 11.2. The van der Waals surface area contributed by atoms with Gasteiger partial charge in [-0.25, -0.2) is 0 Å². The number of nitrogens with one attached hydrogen (secondary N) is 1. The highest BCUT2D eigenvalue weighted by atomic mass is 79.9. The van der Waals surface area contributed by atoms with Crippen LogP contribution in [0.3, 0.4) is 0 Å². The number of hydrogen-bond acceptors (Lipinski definition) is 2. The van der Waals surface area contributed by atoms with Crippen molar-refractivity contribution in [3.05, 3.63) is 46.4 Å². The quantitative estimate of drug-likeness (QED) is 0.874. The summed E-state index contributed by atoms with van der Waals surface area (Å²) in [7, 11) is 2.00. The summed E-state index contributed by atoms with van der Waals surface area (Å²) in [6, 6.07) is 12.1. The lowest BCUT2D eigenvalue weighted by Gasteiger charge is -2.32. The van der Waals surface area contributed by atoms with Crippen LogP contribution in [0.15, 0.2) is 40.9 Å². The Morgan fingerprint density at radius 1 is 1.26 bits per heavy atom. The second kappa shape index (κ2) is 7.45. The molecule has 122 valence electrons.